The van der Waals surface area contributed by atoms with E-state index in [9.17, 15) is 4.79 Å². The van der Waals surface area contributed by atoms with E-state index in [0.717, 1.165) is 59.4 Å². The van der Waals surface area contributed by atoms with Gasteiger partial charge in [-0.15, -0.1) is 0 Å². The molecule has 1 aromatic carbocycles. The van der Waals surface area contributed by atoms with Crippen LogP contribution in [0.5, 0.6) is 0 Å². The lowest BCUT2D eigenvalue weighted by Crippen LogP contribution is -2.35. The van der Waals surface area contributed by atoms with Crippen LogP contribution in [0.3, 0.4) is 0 Å². The number of hydrogen-bond acceptors (Lipinski definition) is 5. The number of carbonyl (C=O) groups excluding carboxylic acids is 1. The van der Waals surface area contributed by atoms with E-state index in [1.807, 2.05) is 36.5 Å². The van der Waals surface area contributed by atoms with Crippen LogP contribution < -0.4 is 4.90 Å². The minimum Gasteiger partial charge on any atom is -0.354 e. The number of carbonyl (C=O) groups is 1. The molecule has 0 amide bonds. The second-order valence-corrected chi connectivity index (χ2v) is 8.88. The summed E-state index contributed by atoms with van der Waals surface area (Å²) in [6.07, 6.45) is 7.03. The van der Waals surface area contributed by atoms with Gasteiger partial charge in [0.05, 0.1) is 11.4 Å². The van der Waals surface area contributed by atoms with Crippen molar-refractivity contribution in [3.05, 3.63) is 52.9 Å². The Kier molecular flexibility index (Phi) is 4.44. The van der Waals surface area contributed by atoms with Crippen molar-refractivity contribution in [1.29, 1.82) is 0 Å². The molecule has 1 spiro atoms. The molecule has 1 atom stereocenters. The van der Waals surface area contributed by atoms with Crippen LogP contribution in [0.25, 0.3) is 11.0 Å². The lowest BCUT2D eigenvalue weighted by atomic mass is 10.0. The number of nitrogens with zero attached hydrogens (tertiary/aromatic N) is 4. The summed E-state index contributed by atoms with van der Waals surface area (Å²) >= 11 is 3.48. The van der Waals surface area contributed by atoms with E-state index >= 15 is 0 Å². The summed E-state index contributed by atoms with van der Waals surface area (Å²) in [7, 11) is 0. The molecule has 5 rings (SSSR count). The Labute approximate surface area is 172 Å². The van der Waals surface area contributed by atoms with Crippen molar-refractivity contribution in [2.24, 2.45) is 5.41 Å². The molecule has 0 bridgehead atoms. The van der Waals surface area contributed by atoms with Gasteiger partial charge in [0.25, 0.3) is 0 Å². The lowest BCUT2D eigenvalue weighted by Gasteiger charge is -2.29. The third kappa shape index (κ3) is 3.22. The third-order valence-electron chi connectivity index (χ3n) is 6.05. The zero-order valence-electron chi connectivity index (χ0n) is 15.5. The molecule has 1 aliphatic heterocycles. The van der Waals surface area contributed by atoms with E-state index in [-0.39, 0.29) is 11.5 Å². The molecule has 2 aromatic heterocycles. The van der Waals surface area contributed by atoms with Gasteiger partial charge in [-0.2, -0.15) is 0 Å². The largest absolute Gasteiger partial charge is 0.354 e. The van der Waals surface area contributed by atoms with Crippen LogP contribution in [0.2, 0.25) is 0 Å². The van der Waals surface area contributed by atoms with Gasteiger partial charge in [0.1, 0.15) is 24.1 Å². The lowest BCUT2D eigenvalue weighted by molar-refractivity contribution is -0.112. The maximum Gasteiger partial charge on any atom is 0.142 e. The second-order valence-electron chi connectivity index (χ2n) is 7.96. The first kappa shape index (κ1) is 17.8. The van der Waals surface area contributed by atoms with Gasteiger partial charge in [0.2, 0.25) is 0 Å². The molecule has 28 heavy (non-hydrogen) atoms. The number of fused-ring (bicyclic) bond motifs is 1. The molecule has 144 valence electrons. The van der Waals surface area contributed by atoms with Crippen LogP contribution in [-0.2, 0) is 4.79 Å². The monoisotopic (exact) mass is 439 g/mol. The van der Waals surface area contributed by atoms with Crippen LogP contribution in [-0.4, -0.2) is 52.3 Å². The van der Waals surface area contributed by atoms with Crippen molar-refractivity contribution < 1.29 is 4.79 Å². The molecule has 3 aromatic rings. The molecule has 1 aliphatic carbocycles. The fourth-order valence-electron chi connectivity index (χ4n) is 4.35. The van der Waals surface area contributed by atoms with E-state index in [2.05, 4.69) is 40.7 Å². The molecule has 6 nitrogen and oxygen atoms in total. The van der Waals surface area contributed by atoms with Gasteiger partial charge in [-0.25, -0.2) is 9.97 Å². The van der Waals surface area contributed by atoms with Crippen molar-refractivity contribution in [1.82, 2.24) is 19.9 Å². The maximum absolute atomic E-state index is 12.0. The second kappa shape index (κ2) is 6.97. The number of rotatable bonds is 4. The van der Waals surface area contributed by atoms with Crippen molar-refractivity contribution in [2.45, 2.75) is 18.9 Å². The van der Waals surface area contributed by atoms with Gasteiger partial charge >= 0.3 is 0 Å². The summed E-state index contributed by atoms with van der Waals surface area (Å²) in [5.41, 5.74) is 2.18. The zero-order chi connectivity index (χ0) is 19.1. The van der Waals surface area contributed by atoms with Gasteiger partial charge in [0.15, 0.2) is 0 Å². The standard InChI is InChI=1S/C21H22BrN5O/c22-16-3-1-15(2-4-16)18(11-28)26-9-10-27(13-21(12-26)6-7-21)20-17-5-8-23-19(17)24-14-25-20/h1-5,8,11,14,18H,6-7,9-10,12-13H2,(H,23,24,25). The Morgan fingerprint density at radius 3 is 2.68 bits per heavy atom. The minimum atomic E-state index is -0.205. The number of anilines is 1. The number of hydrogen-bond donors (Lipinski definition) is 1. The molecule has 1 unspecified atom stereocenters. The summed E-state index contributed by atoms with van der Waals surface area (Å²) in [6.45, 7) is 3.61. The molecule has 2 fully saturated rings. The van der Waals surface area contributed by atoms with Gasteiger partial charge in [-0.05, 0) is 36.6 Å². The third-order valence-corrected chi connectivity index (χ3v) is 6.57. The average Bonchev–Trinajstić information content (AvgIpc) is 3.34. The Bertz CT molecular complexity index is 997. The highest BCUT2D eigenvalue weighted by Gasteiger charge is 2.48. The first-order chi connectivity index (χ1) is 13.7. The van der Waals surface area contributed by atoms with E-state index in [1.165, 1.54) is 12.8 Å². The Morgan fingerprint density at radius 2 is 1.93 bits per heavy atom. The first-order valence-corrected chi connectivity index (χ1v) is 10.4. The van der Waals surface area contributed by atoms with Crippen LogP contribution in [0.15, 0.2) is 47.3 Å². The van der Waals surface area contributed by atoms with Crippen LogP contribution in [0.4, 0.5) is 5.82 Å². The predicted octanol–water partition coefficient (Wildman–Crippen LogP) is 3.56. The van der Waals surface area contributed by atoms with Crippen molar-refractivity contribution >= 4 is 39.1 Å². The smallest absolute Gasteiger partial charge is 0.142 e. The van der Waals surface area contributed by atoms with Gasteiger partial charge in [-0.1, -0.05) is 28.1 Å². The van der Waals surface area contributed by atoms with Crippen molar-refractivity contribution in [3.8, 4) is 0 Å². The predicted molar refractivity (Wildman–Crippen MR) is 112 cm³/mol. The molecule has 1 saturated heterocycles. The number of nitrogens with one attached hydrogen (secondary N) is 1. The quantitative estimate of drug-likeness (QED) is 0.629. The number of halogens is 1. The molecule has 3 heterocycles. The number of benzene rings is 1. The SMILES string of the molecule is O=CC(c1ccc(Br)cc1)N1CCN(c2ncnc3[nH]ccc23)CC2(CC2)C1. The number of H-pyrrole nitrogens is 1. The topological polar surface area (TPSA) is 65.1 Å². The summed E-state index contributed by atoms with van der Waals surface area (Å²) in [5.74, 6) is 0.991. The fourth-order valence-corrected chi connectivity index (χ4v) is 4.61. The Morgan fingerprint density at radius 1 is 1.11 bits per heavy atom. The van der Waals surface area contributed by atoms with Crippen LogP contribution in [0.1, 0.15) is 24.4 Å². The van der Waals surface area contributed by atoms with Gasteiger partial charge < -0.3 is 14.7 Å². The van der Waals surface area contributed by atoms with Crippen LogP contribution in [0, 0.1) is 5.41 Å². The number of aromatic nitrogens is 3. The molecular weight excluding hydrogens is 418 g/mol. The number of aldehydes is 1. The Balaban J connectivity index is 1.44. The van der Waals surface area contributed by atoms with Gasteiger partial charge in [-0.3, -0.25) is 4.90 Å². The molecule has 1 N–H and O–H groups in total. The summed E-state index contributed by atoms with van der Waals surface area (Å²) in [5, 5.41) is 1.06. The Hall–Kier alpha value is -2.25. The van der Waals surface area contributed by atoms with Crippen molar-refractivity contribution in [3.63, 3.8) is 0 Å². The van der Waals surface area contributed by atoms with Crippen molar-refractivity contribution in [2.75, 3.05) is 31.1 Å². The molecule has 0 radical (unpaired) electrons. The molecule has 2 aliphatic rings. The minimum absolute atomic E-state index is 0.205. The first-order valence-electron chi connectivity index (χ1n) is 9.65. The zero-order valence-corrected chi connectivity index (χ0v) is 17.1. The summed E-state index contributed by atoms with van der Waals surface area (Å²) in [4.78, 5) is 28.9. The van der Waals surface area contributed by atoms with E-state index < -0.39 is 0 Å². The summed E-state index contributed by atoms with van der Waals surface area (Å²) < 4.78 is 1.03. The highest BCUT2D eigenvalue weighted by Crippen LogP contribution is 2.49. The molecule has 1 saturated carbocycles. The fraction of sp³-hybridized carbons (Fsp3) is 0.381. The normalized spacial score (nSPS) is 20.2. The highest BCUT2D eigenvalue weighted by atomic mass is 79.9. The molecular formula is C21H22BrN5O. The van der Waals surface area contributed by atoms with E-state index in [4.69, 9.17) is 0 Å². The van der Waals surface area contributed by atoms with Crippen LogP contribution >= 0.6 is 15.9 Å². The highest BCUT2D eigenvalue weighted by molar-refractivity contribution is 9.10. The van der Waals surface area contributed by atoms with E-state index in [1.54, 1.807) is 6.33 Å². The summed E-state index contributed by atoms with van der Waals surface area (Å²) in [6, 6.07) is 9.93. The molecule has 7 heteroatoms. The maximum atomic E-state index is 12.0. The van der Waals surface area contributed by atoms with Gasteiger partial charge in [0, 0.05) is 42.3 Å². The van der Waals surface area contributed by atoms with E-state index in [0.29, 0.717) is 0 Å². The number of aromatic amines is 1. The average molecular weight is 440 g/mol.